The minimum Gasteiger partial charge on any atom is -0.389 e. The van der Waals surface area contributed by atoms with Crippen molar-refractivity contribution in [1.82, 2.24) is 0 Å². The van der Waals surface area contributed by atoms with Crippen LogP contribution in [0.15, 0.2) is 29.2 Å². The first-order valence-electron chi connectivity index (χ1n) is 4.65. The summed E-state index contributed by atoms with van der Waals surface area (Å²) in [6, 6.07) is 8.12. The van der Waals surface area contributed by atoms with Crippen LogP contribution in [0.25, 0.3) is 0 Å². The van der Waals surface area contributed by atoms with Gasteiger partial charge in [0.15, 0.2) is 0 Å². The molecule has 72 valence electrons. The molecule has 1 rings (SSSR count). The van der Waals surface area contributed by atoms with Crippen molar-refractivity contribution < 1.29 is 5.11 Å². The van der Waals surface area contributed by atoms with Crippen LogP contribution in [-0.4, -0.2) is 10.9 Å². The minimum atomic E-state index is -0.356. The highest BCUT2D eigenvalue weighted by atomic mass is 32.2. The van der Waals surface area contributed by atoms with Gasteiger partial charge in [-0.1, -0.05) is 19.1 Å². The SMILES string of the molecule is CCCSc1ccc([C@H](C)O)cc1. The van der Waals surface area contributed by atoms with Gasteiger partial charge in [-0.3, -0.25) is 0 Å². The number of aliphatic hydroxyl groups excluding tert-OH is 1. The second-order valence-corrected chi connectivity index (χ2v) is 4.26. The first-order valence-corrected chi connectivity index (χ1v) is 5.63. The molecule has 0 fully saturated rings. The molecular formula is C11H16OS. The summed E-state index contributed by atoms with van der Waals surface area (Å²) in [6.07, 6.45) is 0.841. The van der Waals surface area contributed by atoms with Crippen molar-refractivity contribution in [2.24, 2.45) is 0 Å². The molecule has 1 aromatic rings. The second kappa shape index (κ2) is 5.30. The minimum absolute atomic E-state index is 0.356. The van der Waals surface area contributed by atoms with Gasteiger partial charge >= 0.3 is 0 Å². The van der Waals surface area contributed by atoms with Crippen LogP contribution in [-0.2, 0) is 0 Å². The van der Waals surface area contributed by atoms with Gasteiger partial charge in [0.1, 0.15) is 0 Å². The summed E-state index contributed by atoms with van der Waals surface area (Å²) in [5.74, 6) is 1.16. The van der Waals surface area contributed by atoms with Crippen molar-refractivity contribution in [3.63, 3.8) is 0 Å². The Balaban J connectivity index is 2.59. The molecule has 0 amide bonds. The Morgan fingerprint density at radius 1 is 1.31 bits per heavy atom. The zero-order valence-electron chi connectivity index (χ0n) is 8.16. The third-order valence-electron chi connectivity index (χ3n) is 1.84. The maximum Gasteiger partial charge on any atom is 0.0761 e. The smallest absolute Gasteiger partial charge is 0.0761 e. The van der Waals surface area contributed by atoms with Crippen LogP contribution in [0.1, 0.15) is 31.9 Å². The topological polar surface area (TPSA) is 20.2 Å². The fourth-order valence-electron chi connectivity index (χ4n) is 1.06. The molecule has 0 saturated carbocycles. The quantitative estimate of drug-likeness (QED) is 0.746. The van der Waals surface area contributed by atoms with Gasteiger partial charge in [0, 0.05) is 4.90 Å². The summed E-state index contributed by atoms with van der Waals surface area (Å²) in [5.41, 5.74) is 0.987. The maximum absolute atomic E-state index is 9.28. The predicted octanol–water partition coefficient (Wildman–Crippen LogP) is 3.24. The van der Waals surface area contributed by atoms with Crippen LogP contribution in [0.3, 0.4) is 0 Å². The molecule has 1 aromatic carbocycles. The number of rotatable bonds is 4. The molecule has 0 bridgehead atoms. The van der Waals surface area contributed by atoms with E-state index in [1.165, 1.54) is 11.3 Å². The van der Waals surface area contributed by atoms with E-state index in [4.69, 9.17) is 0 Å². The van der Waals surface area contributed by atoms with E-state index in [9.17, 15) is 5.11 Å². The fourth-order valence-corrected chi connectivity index (χ4v) is 1.83. The standard InChI is InChI=1S/C11H16OS/c1-3-8-13-11-6-4-10(5-7-11)9(2)12/h4-7,9,12H,3,8H2,1-2H3/t9-/m0/s1. The van der Waals surface area contributed by atoms with E-state index in [0.717, 1.165) is 11.3 Å². The number of aliphatic hydroxyl groups is 1. The molecule has 0 aliphatic carbocycles. The average Bonchev–Trinajstić information content (AvgIpc) is 2.15. The van der Waals surface area contributed by atoms with E-state index in [2.05, 4.69) is 19.1 Å². The summed E-state index contributed by atoms with van der Waals surface area (Å²) in [7, 11) is 0. The Hall–Kier alpha value is -0.470. The van der Waals surface area contributed by atoms with Gasteiger partial charge in [0.2, 0.25) is 0 Å². The zero-order chi connectivity index (χ0) is 9.68. The number of benzene rings is 1. The first-order chi connectivity index (χ1) is 6.24. The summed E-state index contributed by atoms with van der Waals surface area (Å²) in [4.78, 5) is 1.28. The molecule has 2 heteroatoms. The number of hydrogen-bond acceptors (Lipinski definition) is 2. The summed E-state index contributed by atoms with van der Waals surface area (Å²) in [5, 5.41) is 9.28. The van der Waals surface area contributed by atoms with Crippen molar-refractivity contribution in [1.29, 1.82) is 0 Å². The van der Waals surface area contributed by atoms with E-state index < -0.39 is 0 Å². The molecule has 0 saturated heterocycles. The molecular weight excluding hydrogens is 180 g/mol. The van der Waals surface area contributed by atoms with Gasteiger partial charge in [-0.2, -0.15) is 0 Å². The van der Waals surface area contributed by atoms with Crippen LogP contribution in [0.5, 0.6) is 0 Å². The van der Waals surface area contributed by atoms with Crippen LogP contribution >= 0.6 is 11.8 Å². The largest absolute Gasteiger partial charge is 0.389 e. The summed E-state index contributed by atoms with van der Waals surface area (Å²) < 4.78 is 0. The fraction of sp³-hybridized carbons (Fsp3) is 0.455. The number of hydrogen-bond donors (Lipinski definition) is 1. The lowest BCUT2D eigenvalue weighted by Crippen LogP contribution is -1.89. The molecule has 0 radical (unpaired) electrons. The first kappa shape index (κ1) is 10.6. The highest BCUT2D eigenvalue weighted by Gasteiger charge is 1.99. The normalized spacial score (nSPS) is 12.8. The Labute approximate surface area is 84.2 Å². The Kier molecular flexibility index (Phi) is 4.33. The van der Waals surface area contributed by atoms with E-state index >= 15 is 0 Å². The zero-order valence-corrected chi connectivity index (χ0v) is 8.97. The van der Waals surface area contributed by atoms with Gasteiger partial charge in [0.25, 0.3) is 0 Å². The highest BCUT2D eigenvalue weighted by Crippen LogP contribution is 2.21. The molecule has 0 aliphatic rings. The van der Waals surface area contributed by atoms with Gasteiger partial charge in [-0.25, -0.2) is 0 Å². The highest BCUT2D eigenvalue weighted by molar-refractivity contribution is 7.99. The van der Waals surface area contributed by atoms with E-state index in [0.29, 0.717) is 0 Å². The third kappa shape index (κ3) is 3.41. The summed E-state index contributed by atoms with van der Waals surface area (Å²) in [6.45, 7) is 3.96. The molecule has 1 atom stereocenters. The average molecular weight is 196 g/mol. The van der Waals surface area contributed by atoms with Gasteiger partial charge in [-0.15, -0.1) is 11.8 Å². The molecule has 0 unspecified atom stereocenters. The lowest BCUT2D eigenvalue weighted by Gasteiger charge is -2.05. The Morgan fingerprint density at radius 2 is 1.92 bits per heavy atom. The molecule has 0 heterocycles. The second-order valence-electron chi connectivity index (χ2n) is 3.09. The van der Waals surface area contributed by atoms with Crippen LogP contribution < -0.4 is 0 Å². The van der Waals surface area contributed by atoms with Crippen LogP contribution in [0.4, 0.5) is 0 Å². The van der Waals surface area contributed by atoms with Gasteiger partial charge in [-0.05, 0) is 36.8 Å². The lowest BCUT2D eigenvalue weighted by molar-refractivity contribution is 0.199. The van der Waals surface area contributed by atoms with E-state index in [1.54, 1.807) is 6.92 Å². The Bertz CT molecular complexity index is 241. The van der Waals surface area contributed by atoms with Gasteiger partial charge < -0.3 is 5.11 Å². The third-order valence-corrected chi connectivity index (χ3v) is 3.05. The van der Waals surface area contributed by atoms with Gasteiger partial charge in [0.05, 0.1) is 6.10 Å². The molecule has 13 heavy (non-hydrogen) atoms. The molecule has 0 aliphatic heterocycles. The molecule has 0 aromatic heterocycles. The molecule has 0 spiro atoms. The lowest BCUT2D eigenvalue weighted by atomic mass is 10.1. The maximum atomic E-state index is 9.28. The van der Waals surface area contributed by atoms with E-state index in [-0.39, 0.29) is 6.10 Å². The van der Waals surface area contributed by atoms with E-state index in [1.807, 2.05) is 23.9 Å². The van der Waals surface area contributed by atoms with Crippen molar-refractivity contribution in [2.45, 2.75) is 31.3 Å². The molecule has 1 N–H and O–H groups in total. The van der Waals surface area contributed by atoms with Crippen molar-refractivity contribution >= 4 is 11.8 Å². The number of thioether (sulfide) groups is 1. The monoisotopic (exact) mass is 196 g/mol. The summed E-state index contributed by atoms with van der Waals surface area (Å²) >= 11 is 1.86. The Morgan fingerprint density at radius 3 is 2.38 bits per heavy atom. The predicted molar refractivity (Wildman–Crippen MR) is 58.1 cm³/mol. The van der Waals surface area contributed by atoms with Crippen molar-refractivity contribution in [2.75, 3.05) is 5.75 Å². The van der Waals surface area contributed by atoms with Crippen LogP contribution in [0, 0.1) is 0 Å². The van der Waals surface area contributed by atoms with Crippen molar-refractivity contribution in [3.05, 3.63) is 29.8 Å². The van der Waals surface area contributed by atoms with Crippen molar-refractivity contribution in [3.8, 4) is 0 Å². The van der Waals surface area contributed by atoms with Crippen LogP contribution in [0.2, 0.25) is 0 Å². The molecule has 1 nitrogen and oxygen atoms in total.